The van der Waals surface area contributed by atoms with E-state index in [0.29, 0.717) is 16.7 Å². The molecule has 1 saturated heterocycles. The van der Waals surface area contributed by atoms with Crippen molar-refractivity contribution >= 4 is 47.7 Å². The van der Waals surface area contributed by atoms with E-state index in [0.717, 1.165) is 11.8 Å². The summed E-state index contributed by atoms with van der Waals surface area (Å²) in [5.74, 6) is 0.0475. The first-order chi connectivity index (χ1) is 25.4. The van der Waals surface area contributed by atoms with Crippen LogP contribution in [0.4, 0.5) is 5.82 Å². The average molecular weight is 766 g/mol. The maximum atomic E-state index is 13.6. The average Bonchev–Trinajstić information content (AvgIpc) is 3.77. The molecule has 0 unspecified atom stereocenters. The van der Waals surface area contributed by atoms with Crippen LogP contribution in [0, 0.1) is 0 Å². The van der Waals surface area contributed by atoms with Crippen molar-refractivity contribution in [3.63, 3.8) is 0 Å². The van der Waals surface area contributed by atoms with Gasteiger partial charge in [0.1, 0.15) is 47.6 Å². The monoisotopic (exact) mass is 765 g/mol. The summed E-state index contributed by atoms with van der Waals surface area (Å²) in [6.45, 7) is -0.460. The van der Waals surface area contributed by atoms with E-state index >= 15 is 0 Å². The Balaban J connectivity index is 0.991. The molecule has 5 heterocycles. The number of hydrogen-bond acceptors (Lipinski definition) is 16. The van der Waals surface area contributed by atoms with Crippen molar-refractivity contribution in [2.75, 3.05) is 24.2 Å². The number of imidazole rings is 1. The van der Waals surface area contributed by atoms with Gasteiger partial charge in [-0.3, -0.25) is 13.9 Å². The molecule has 0 saturated carbocycles. The Morgan fingerprint density at radius 1 is 0.981 bits per heavy atom. The third-order valence-corrected chi connectivity index (χ3v) is 10.4. The number of phosphoric ester groups is 1. The molecule has 2 aromatic heterocycles. The van der Waals surface area contributed by atoms with E-state index in [2.05, 4.69) is 24.8 Å². The maximum absolute atomic E-state index is 13.6. The van der Waals surface area contributed by atoms with Crippen molar-refractivity contribution in [3.05, 3.63) is 95.1 Å². The molecule has 274 valence electrons. The number of phenolic OH excluding ortho intramolecular Hbond substituents is 2. The van der Waals surface area contributed by atoms with Crippen LogP contribution in [0.3, 0.4) is 0 Å². The first kappa shape index (κ1) is 34.9. The molecule has 18 nitrogen and oxygen atoms in total. The highest BCUT2D eigenvalue weighted by Crippen LogP contribution is 2.57. The molecule has 0 aliphatic carbocycles. The molecule has 3 aromatic carbocycles. The van der Waals surface area contributed by atoms with Gasteiger partial charge in [0.05, 0.1) is 18.5 Å². The lowest BCUT2D eigenvalue weighted by molar-refractivity contribution is -0.0504. The van der Waals surface area contributed by atoms with Crippen LogP contribution in [0.1, 0.15) is 43.6 Å². The van der Waals surface area contributed by atoms with Crippen LogP contribution in [0.15, 0.2) is 67.3 Å². The number of hydrogen-bond donors (Lipinski definition) is 7. The highest BCUT2D eigenvalue weighted by atomic mass is 32.2. The number of aromatic hydroxyl groups is 2. The molecule has 53 heavy (non-hydrogen) atoms. The fraction of sp³-hybridized carbons (Fsp3) is 0.242. The van der Waals surface area contributed by atoms with Crippen LogP contribution in [-0.2, 0) is 24.2 Å². The van der Waals surface area contributed by atoms with E-state index < -0.39 is 55.7 Å². The lowest BCUT2D eigenvalue weighted by Crippen LogP contribution is -2.33. The van der Waals surface area contributed by atoms with E-state index in [1.54, 1.807) is 24.3 Å². The number of benzene rings is 3. The molecule has 8 rings (SSSR count). The molecule has 5 aromatic rings. The number of phosphoric acid groups is 1. The highest BCUT2D eigenvalue weighted by Gasteiger charge is 2.54. The standard InChI is InChI=1S/C33H28N5O13PS/c39-15-4-6-18-21(10-15)49-22-11-16(40)5-7-19(22)33(18)20-3-1-2-17(24(20)31(43)51-33)32(44)53-9-8-34-28-25-29(36-13-35-28)38(14-37-25)30-27(42)26(41)23(50-30)12-48-52(45,46)47/h1-7,10-11,13-14,23,26-27,30,39-42H,8-9,12H2,(H,34,35,36)(H2,45,46,47)/t23-,26-,27-,30-/m1/s1. The summed E-state index contributed by atoms with van der Waals surface area (Å²) in [5.41, 5.74) is 0.446. The van der Waals surface area contributed by atoms with Crippen molar-refractivity contribution in [2.45, 2.75) is 30.1 Å². The number of anilines is 1. The van der Waals surface area contributed by atoms with Crippen molar-refractivity contribution in [1.29, 1.82) is 0 Å². The second-order valence-corrected chi connectivity index (χ2v) is 14.5. The number of phenols is 2. The van der Waals surface area contributed by atoms with Gasteiger partial charge in [-0.15, -0.1) is 0 Å². The normalized spacial score (nSPS) is 21.2. The summed E-state index contributed by atoms with van der Waals surface area (Å²) in [6, 6.07) is 13.7. The second kappa shape index (κ2) is 13.1. The van der Waals surface area contributed by atoms with Gasteiger partial charge in [-0.1, -0.05) is 23.9 Å². The molecular weight excluding hydrogens is 737 g/mol. The molecule has 0 amide bonds. The minimum Gasteiger partial charge on any atom is -0.508 e. The summed E-state index contributed by atoms with van der Waals surface area (Å²) in [7, 11) is -4.85. The van der Waals surface area contributed by atoms with E-state index in [1.807, 2.05) is 0 Å². The van der Waals surface area contributed by atoms with Crippen molar-refractivity contribution in [3.8, 4) is 23.0 Å². The number of carbonyl (C=O) groups is 2. The predicted molar refractivity (Wildman–Crippen MR) is 183 cm³/mol. The van der Waals surface area contributed by atoms with Gasteiger partial charge in [-0.25, -0.2) is 24.3 Å². The summed E-state index contributed by atoms with van der Waals surface area (Å²) < 4.78 is 34.6. The Labute approximate surface area is 302 Å². The molecule has 3 aliphatic rings. The number of rotatable bonds is 9. The van der Waals surface area contributed by atoms with Gasteiger partial charge in [0.25, 0.3) is 0 Å². The number of carbonyl (C=O) groups excluding carboxylic acids is 2. The Bertz CT molecular complexity index is 2300. The maximum Gasteiger partial charge on any atom is 0.469 e. The molecule has 7 N–H and O–H groups in total. The van der Waals surface area contributed by atoms with Gasteiger partial charge in [0, 0.05) is 46.7 Å². The summed E-state index contributed by atoms with van der Waals surface area (Å²) >= 11 is 0.948. The summed E-state index contributed by atoms with van der Waals surface area (Å²) in [5, 5.41) is 44.0. The molecule has 4 atom stereocenters. The third-order valence-electron chi connectivity index (χ3n) is 9.03. The number of aliphatic hydroxyl groups excluding tert-OH is 2. The van der Waals surface area contributed by atoms with Crippen LogP contribution >= 0.6 is 19.6 Å². The molecule has 1 spiro atoms. The molecule has 0 radical (unpaired) electrons. The third kappa shape index (κ3) is 5.96. The minimum absolute atomic E-state index is 0.0814. The molecule has 20 heteroatoms. The fourth-order valence-electron chi connectivity index (χ4n) is 6.74. The summed E-state index contributed by atoms with van der Waals surface area (Å²) in [4.78, 5) is 58.0. The van der Waals surface area contributed by atoms with E-state index in [1.165, 1.54) is 47.6 Å². The second-order valence-electron chi connectivity index (χ2n) is 12.2. The van der Waals surface area contributed by atoms with Crippen LogP contribution in [0.25, 0.3) is 11.2 Å². The van der Waals surface area contributed by atoms with Crippen molar-refractivity contribution in [1.82, 2.24) is 19.5 Å². The van der Waals surface area contributed by atoms with Crippen LogP contribution in [-0.4, -0.2) is 98.0 Å². The zero-order valence-corrected chi connectivity index (χ0v) is 28.7. The SMILES string of the molecule is O=C(SCCNc1ncnc2c1ncn2[C@@H]1O[C@H](COP(=O)(O)O)[C@@H](O)[C@H]1O)c1cccc2c1C(=O)OC21c2ccc(O)cc2Oc2cc(O)ccc21. The van der Waals surface area contributed by atoms with Crippen molar-refractivity contribution < 1.29 is 63.1 Å². The van der Waals surface area contributed by atoms with E-state index in [-0.39, 0.29) is 63.4 Å². The number of nitrogens with zero attached hydrogens (tertiary/aromatic N) is 4. The quantitative estimate of drug-likeness (QED) is 0.0645. The molecule has 0 bridgehead atoms. The molecule has 1 fully saturated rings. The minimum atomic E-state index is -4.85. The van der Waals surface area contributed by atoms with E-state index in [9.17, 15) is 34.6 Å². The Morgan fingerprint density at radius 3 is 2.40 bits per heavy atom. The zero-order chi connectivity index (χ0) is 37.2. The van der Waals surface area contributed by atoms with Crippen LogP contribution < -0.4 is 10.1 Å². The van der Waals surface area contributed by atoms with Gasteiger partial charge in [-0.05, 0) is 30.3 Å². The zero-order valence-electron chi connectivity index (χ0n) is 27.0. The fourth-order valence-corrected chi connectivity index (χ4v) is 7.80. The smallest absolute Gasteiger partial charge is 0.469 e. The number of nitrogens with one attached hydrogen (secondary N) is 1. The lowest BCUT2D eigenvalue weighted by atomic mass is 9.77. The largest absolute Gasteiger partial charge is 0.508 e. The van der Waals surface area contributed by atoms with Crippen molar-refractivity contribution in [2.24, 2.45) is 0 Å². The van der Waals surface area contributed by atoms with Crippen LogP contribution in [0.2, 0.25) is 0 Å². The number of aromatic nitrogens is 4. The number of fused-ring (bicyclic) bond motifs is 7. The predicted octanol–water partition coefficient (Wildman–Crippen LogP) is 2.52. The first-order valence-electron chi connectivity index (χ1n) is 15.9. The summed E-state index contributed by atoms with van der Waals surface area (Å²) in [6.07, 6.45) is -2.95. The Morgan fingerprint density at radius 2 is 1.70 bits per heavy atom. The lowest BCUT2D eigenvalue weighted by Gasteiger charge is -2.36. The highest BCUT2D eigenvalue weighted by molar-refractivity contribution is 8.14. The Hall–Kier alpha value is -5.11. The topological polar surface area (TPSA) is 265 Å². The number of esters is 1. The Kier molecular flexibility index (Phi) is 8.62. The van der Waals surface area contributed by atoms with Gasteiger partial charge < -0.3 is 49.7 Å². The first-order valence-corrected chi connectivity index (χ1v) is 18.4. The number of thioether (sulfide) groups is 1. The van der Waals surface area contributed by atoms with Gasteiger partial charge in [0.2, 0.25) is 5.12 Å². The number of aliphatic hydroxyl groups is 2. The van der Waals surface area contributed by atoms with Gasteiger partial charge >= 0.3 is 13.8 Å². The van der Waals surface area contributed by atoms with E-state index in [4.69, 9.17) is 24.0 Å². The van der Waals surface area contributed by atoms with Crippen LogP contribution in [0.5, 0.6) is 23.0 Å². The molecular formula is C33H28N5O13PS. The number of ether oxygens (including phenoxy) is 3. The van der Waals surface area contributed by atoms with Gasteiger partial charge in [0.15, 0.2) is 28.8 Å². The molecule has 3 aliphatic heterocycles. The van der Waals surface area contributed by atoms with Gasteiger partial charge in [-0.2, -0.15) is 0 Å².